The first-order chi connectivity index (χ1) is 10.6. The van der Waals surface area contributed by atoms with E-state index in [-0.39, 0.29) is 24.8 Å². The third-order valence-electron chi connectivity index (χ3n) is 3.84. The fraction of sp³-hybridized carbons (Fsp3) is 0.600. The molecular formula is C15H24Cl2F2N2O3. The standard InChI is InChI=1S/C15H22F2N2O3.2ClH/c1-20-11-9-13(22-3)12(21-2)8-10(11)14(15(16)17)19-6-4-18-5-7-19;;/h8-9,14-15,18H,4-7H2,1-3H3;2*1H/t14-;;/m1../s1. The molecule has 0 amide bonds. The van der Waals surface area contributed by atoms with E-state index in [4.69, 9.17) is 14.2 Å². The molecular weight excluding hydrogens is 365 g/mol. The highest BCUT2D eigenvalue weighted by molar-refractivity contribution is 5.85. The van der Waals surface area contributed by atoms with Gasteiger partial charge in [0.2, 0.25) is 0 Å². The number of alkyl halides is 2. The van der Waals surface area contributed by atoms with Crippen LogP contribution in [0.4, 0.5) is 8.78 Å². The lowest BCUT2D eigenvalue weighted by Crippen LogP contribution is -2.47. The quantitative estimate of drug-likeness (QED) is 0.811. The number of benzene rings is 1. The molecule has 9 heteroatoms. The van der Waals surface area contributed by atoms with E-state index in [1.165, 1.54) is 21.3 Å². The molecule has 0 aliphatic carbocycles. The van der Waals surface area contributed by atoms with Gasteiger partial charge in [-0.15, -0.1) is 24.8 Å². The first-order valence-corrected chi connectivity index (χ1v) is 7.15. The van der Waals surface area contributed by atoms with Crippen molar-refractivity contribution in [3.63, 3.8) is 0 Å². The molecule has 0 unspecified atom stereocenters. The van der Waals surface area contributed by atoms with Crippen molar-refractivity contribution in [2.75, 3.05) is 47.5 Å². The Morgan fingerprint density at radius 2 is 1.42 bits per heavy atom. The van der Waals surface area contributed by atoms with E-state index in [0.29, 0.717) is 49.0 Å². The van der Waals surface area contributed by atoms with Crippen LogP contribution in [0.3, 0.4) is 0 Å². The Kier molecular flexibility index (Phi) is 10.3. The predicted octanol–water partition coefficient (Wildman–Crippen LogP) is 2.77. The van der Waals surface area contributed by atoms with Crippen LogP contribution in [0, 0.1) is 0 Å². The van der Waals surface area contributed by atoms with Gasteiger partial charge in [0, 0.05) is 37.8 Å². The van der Waals surface area contributed by atoms with Crippen LogP contribution in [-0.4, -0.2) is 58.8 Å². The van der Waals surface area contributed by atoms with Crippen molar-refractivity contribution in [1.82, 2.24) is 10.2 Å². The summed E-state index contributed by atoms with van der Waals surface area (Å²) >= 11 is 0. The molecule has 24 heavy (non-hydrogen) atoms. The lowest BCUT2D eigenvalue weighted by molar-refractivity contribution is 0.0169. The van der Waals surface area contributed by atoms with E-state index in [9.17, 15) is 8.78 Å². The second-order valence-electron chi connectivity index (χ2n) is 5.01. The summed E-state index contributed by atoms with van der Waals surface area (Å²) in [6, 6.07) is 2.14. The first-order valence-electron chi connectivity index (χ1n) is 7.15. The van der Waals surface area contributed by atoms with Crippen LogP contribution in [-0.2, 0) is 0 Å². The van der Waals surface area contributed by atoms with Gasteiger partial charge in [0.15, 0.2) is 11.5 Å². The molecule has 1 aromatic rings. The SMILES string of the molecule is COc1cc(OC)c([C@H](C(F)F)N2CCNCC2)cc1OC.Cl.Cl. The maximum absolute atomic E-state index is 13.7. The van der Waals surface area contributed by atoms with E-state index >= 15 is 0 Å². The van der Waals surface area contributed by atoms with Crippen molar-refractivity contribution < 1.29 is 23.0 Å². The number of piperazine rings is 1. The number of hydrogen-bond acceptors (Lipinski definition) is 5. The minimum Gasteiger partial charge on any atom is -0.496 e. The Bertz CT molecular complexity index is 504. The highest BCUT2D eigenvalue weighted by atomic mass is 35.5. The van der Waals surface area contributed by atoms with Crippen molar-refractivity contribution in [3.8, 4) is 17.2 Å². The summed E-state index contributed by atoms with van der Waals surface area (Å²) in [6.45, 7) is 2.51. The summed E-state index contributed by atoms with van der Waals surface area (Å²) in [5.74, 6) is 1.25. The average molecular weight is 389 g/mol. The summed E-state index contributed by atoms with van der Waals surface area (Å²) in [5, 5.41) is 3.17. The molecule has 1 fully saturated rings. The number of nitrogens with one attached hydrogen (secondary N) is 1. The summed E-state index contributed by atoms with van der Waals surface area (Å²) in [4.78, 5) is 1.77. The molecule has 1 aliphatic heterocycles. The van der Waals surface area contributed by atoms with Gasteiger partial charge in [-0.05, 0) is 6.07 Å². The molecule has 0 spiro atoms. The number of halogens is 4. The second-order valence-corrected chi connectivity index (χ2v) is 5.01. The zero-order valence-electron chi connectivity index (χ0n) is 13.9. The molecule has 1 saturated heterocycles. The normalized spacial score (nSPS) is 15.9. The molecule has 1 N–H and O–H groups in total. The first kappa shape index (κ1) is 23.0. The maximum atomic E-state index is 13.7. The Labute approximate surface area is 153 Å². The van der Waals surface area contributed by atoms with Crippen LogP contribution in [0.15, 0.2) is 12.1 Å². The van der Waals surface area contributed by atoms with Crippen LogP contribution in [0.5, 0.6) is 17.2 Å². The Morgan fingerprint density at radius 1 is 0.917 bits per heavy atom. The molecule has 1 aliphatic rings. The fourth-order valence-electron chi connectivity index (χ4n) is 2.74. The molecule has 0 bridgehead atoms. The highest BCUT2D eigenvalue weighted by Gasteiger charge is 2.33. The van der Waals surface area contributed by atoms with Crippen LogP contribution in [0.25, 0.3) is 0 Å². The number of ether oxygens (including phenoxy) is 3. The minimum absolute atomic E-state index is 0. The third kappa shape index (κ3) is 4.99. The van der Waals surface area contributed by atoms with Crippen molar-refractivity contribution in [3.05, 3.63) is 17.7 Å². The lowest BCUT2D eigenvalue weighted by atomic mass is 10.0. The largest absolute Gasteiger partial charge is 0.496 e. The van der Waals surface area contributed by atoms with Gasteiger partial charge in [0.25, 0.3) is 6.43 Å². The van der Waals surface area contributed by atoms with Gasteiger partial charge in [-0.25, -0.2) is 8.78 Å². The molecule has 1 aromatic carbocycles. The number of nitrogens with zero attached hydrogens (tertiary/aromatic N) is 1. The molecule has 1 atom stereocenters. The van der Waals surface area contributed by atoms with Crippen molar-refractivity contribution in [1.29, 1.82) is 0 Å². The summed E-state index contributed by atoms with van der Waals surface area (Å²) < 4.78 is 43.2. The molecule has 5 nitrogen and oxygen atoms in total. The zero-order valence-corrected chi connectivity index (χ0v) is 15.5. The van der Waals surface area contributed by atoms with Gasteiger partial charge in [0.1, 0.15) is 11.8 Å². The van der Waals surface area contributed by atoms with Crippen molar-refractivity contribution in [2.24, 2.45) is 0 Å². The number of hydrogen-bond donors (Lipinski definition) is 1. The molecule has 0 aromatic heterocycles. The summed E-state index contributed by atoms with van der Waals surface area (Å²) in [6.07, 6.45) is -2.52. The van der Waals surface area contributed by atoms with Gasteiger partial charge < -0.3 is 19.5 Å². The van der Waals surface area contributed by atoms with E-state index in [1.807, 2.05) is 0 Å². The average Bonchev–Trinajstić information content (AvgIpc) is 2.55. The number of rotatable bonds is 6. The Hall–Kier alpha value is -1.02. The molecule has 0 radical (unpaired) electrons. The topological polar surface area (TPSA) is 43.0 Å². The molecule has 140 valence electrons. The zero-order chi connectivity index (χ0) is 16.1. The Balaban J connectivity index is 0.00000264. The van der Waals surface area contributed by atoms with Crippen LogP contribution in [0.1, 0.15) is 11.6 Å². The predicted molar refractivity (Wildman–Crippen MR) is 93.8 cm³/mol. The maximum Gasteiger partial charge on any atom is 0.258 e. The van der Waals surface area contributed by atoms with Gasteiger partial charge in [0.05, 0.1) is 21.3 Å². The highest BCUT2D eigenvalue weighted by Crippen LogP contribution is 2.41. The minimum atomic E-state index is -2.52. The van der Waals surface area contributed by atoms with Crippen molar-refractivity contribution >= 4 is 24.8 Å². The number of methoxy groups -OCH3 is 3. The fourth-order valence-corrected chi connectivity index (χ4v) is 2.74. The lowest BCUT2D eigenvalue weighted by Gasteiger charge is -2.35. The van der Waals surface area contributed by atoms with Crippen LogP contribution >= 0.6 is 24.8 Å². The van der Waals surface area contributed by atoms with Gasteiger partial charge >= 0.3 is 0 Å². The molecule has 1 heterocycles. The van der Waals surface area contributed by atoms with E-state index in [2.05, 4.69) is 5.32 Å². The molecule has 0 saturated carbocycles. The summed E-state index contributed by atoms with van der Waals surface area (Å²) in [7, 11) is 4.44. The smallest absolute Gasteiger partial charge is 0.258 e. The van der Waals surface area contributed by atoms with E-state index < -0.39 is 12.5 Å². The van der Waals surface area contributed by atoms with Gasteiger partial charge in [-0.3, -0.25) is 4.90 Å². The van der Waals surface area contributed by atoms with Crippen LogP contribution in [0.2, 0.25) is 0 Å². The van der Waals surface area contributed by atoms with E-state index in [1.54, 1.807) is 17.0 Å². The third-order valence-corrected chi connectivity index (χ3v) is 3.84. The van der Waals surface area contributed by atoms with E-state index in [0.717, 1.165) is 0 Å². The van der Waals surface area contributed by atoms with Gasteiger partial charge in [-0.2, -0.15) is 0 Å². The van der Waals surface area contributed by atoms with Crippen molar-refractivity contribution in [2.45, 2.75) is 12.5 Å². The Morgan fingerprint density at radius 3 is 1.88 bits per heavy atom. The van der Waals surface area contributed by atoms with Gasteiger partial charge in [-0.1, -0.05) is 0 Å². The van der Waals surface area contributed by atoms with Crippen LogP contribution < -0.4 is 19.5 Å². The second kappa shape index (κ2) is 10.8. The monoisotopic (exact) mass is 388 g/mol. The molecule has 2 rings (SSSR count). The summed E-state index contributed by atoms with van der Waals surface area (Å²) in [5.41, 5.74) is 0.414.